The molecule has 0 spiro atoms. The maximum Gasteiger partial charge on any atom is 0.244 e. The highest BCUT2D eigenvalue weighted by atomic mass is 35.5. The summed E-state index contributed by atoms with van der Waals surface area (Å²) < 4.78 is 26.2. The minimum absolute atomic E-state index is 0.0766. The second-order valence-electron chi connectivity index (χ2n) is 8.22. The number of nitrogens with one attached hydrogen (secondary N) is 1. The number of nitrogens with zero attached hydrogens (tertiary/aromatic N) is 2. The van der Waals surface area contributed by atoms with Crippen LogP contribution < -0.4 is 9.62 Å². The summed E-state index contributed by atoms with van der Waals surface area (Å²) in [5.74, 6) is -0.796. The molecule has 0 heterocycles. The first kappa shape index (κ1) is 27.7. The van der Waals surface area contributed by atoms with Crippen LogP contribution in [0.2, 0.25) is 5.02 Å². The van der Waals surface area contributed by atoms with Crippen LogP contribution in [-0.4, -0.2) is 50.5 Å². The van der Waals surface area contributed by atoms with Gasteiger partial charge in [-0.3, -0.25) is 13.9 Å². The molecule has 2 aromatic carbocycles. The van der Waals surface area contributed by atoms with Crippen LogP contribution in [0.1, 0.15) is 44.7 Å². The molecule has 2 rings (SSSR count). The van der Waals surface area contributed by atoms with Crippen LogP contribution in [0.4, 0.5) is 5.69 Å². The number of unbranched alkanes of at least 4 members (excludes halogenated alkanes) is 1. The Morgan fingerprint density at radius 3 is 2.26 bits per heavy atom. The normalized spacial score (nSPS) is 12.1. The summed E-state index contributed by atoms with van der Waals surface area (Å²) in [7, 11) is -3.75. The number of carbonyl (C=O) groups excluding carboxylic acids is 2. The van der Waals surface area contributed by atoms with Crippen molar-refractivity contribution < 1.29 is 18.0 Å². The minimum Gasteiger partial charge on any atom is -0.354 e. The van der Waals surface area contributed by atoms with Gasteiger partial charge < -0.3 is 10.2 Å². The lowest BCUT2D eigenvalue weighted by Crippen LogP contribution is -2.51. The zero-order valence-electron chi connectivity index (χ0n) is 20.3. The van der Waals surface area contributed by atoms with E-state index in [0.717, 1.165) is 35.4 Å². The first-order chi connectivity index (χ1) is 16.1. The number of rotatable bonds is 12. The molecule has 2 amide bonds. The van der Waals surface area contributed by atoms with Gasteiger partial charge in [-0.05, 0) is 49.1 Å². The Morgan fingerprint density at radius 1 is 1.06 bits per heavy atom. The lowest BCUT2D eigenvalue weighted by atomic mass is 10.1. The molecule has 0 saturated carbocycles. The largest absolute Gasteiger partial charge is 0.354 e. The summed E-state index contributed by atoms with van der Waals surface area (Å²) in [5.41, 5.74) is 2.12. The molecule has 186 valence electrons. The highest BCUT2D eigenvalue weighted by molar-refractivity contribution is 7.92. The van der Waals surface area contributed by atoms with E-state index >= 15 is 0 Å². The maximum atomic E-state index is 13.5. The van der Waals surface area contributed by atoms with Crippen LogP contribution in [0.15, 0.2) is 48.5 Å². The Morgan fingerprint density at radius 2 is 1.71 bits per heavy atom. The number of hydrogen-bond donors (Lipinski definition) is 1. The third-order valence-corrected chi connectivity index (χ3v) is 7.12. The molecular weight excluding hydrogens is 474 g/mol. The van der Waals surface area contributed by atoms with Crippen molar-refractivity contribution in [3.63, 3.8) is 0 Å². The topological polar surface area (TPSA) is 86.8 Å². The zero-order valence-corrected chi connectivity index (χ0v) is 21.8. The van der Waals surface area contributed by atoms with E-state index in [1.54, 1.807) is 43.3 Å². The molecule has 1 atom stereocenters. The highest BCUT2D eigenvalue weighted by Crippen LogP contribution is 2.22. The summed E-state index contributed by atoms with van der Waals surface area (Å²) in [4.78, 5) is 27.7. The van der Waals surface area contributed by atoms with Crippen molar-refractivity contribution >= 4 is 39.1 Å². The van der Waals surface area contributed by atoms with Crippen LogP contribution in [0.5, 0.6) is 0 Å². The van der Waals surface area contributed by atoms with Gasteiger partial charge in [0.1, 0.15) is 12.6 Å². The van der Waals surface area contributed by atoms with E-state index < -0.39 is 28.5 Å². The van der Waals surface area contributed by atoms with Crippen LogP contribution in [0.3, 0.4) is 0 Å². The Labute approximate surface area is 208 Å². The molecule has 0 aliphatic carbocycles. The van der Waals surface area contributed by atoms with Crippen LogP contribution >= 0.6 is 11.6 Å². The minimum atomic E-state index is -3.75. The molecule has 0 fully saturated rings. The Hall–Kier alpha value is -2.58. The average Bonchev–Trinajstić information content (AvgIpc) is 2.81. The summed E-state index contributed by atoms with van der Waals surface area (Å²) in [6.07, 6.45) is 3.63. The van der Waals surface area contributed by atoms with Crippen molar-refractivity contribution in [3.8, 4) is 0 Å². The number of halogens is 1. The molecule has 34 heavy (non-hydrogen) atoms. The van der Waals surface area contributed by atoms with E-state index in [9.17, 15) is 18.0 Å². The van der Waals surface area contributed by atoms with Gasteiger partial charge in [-0.15, -0.1) is 0 Å². The van der Waals surface area contributed by atoms with Crippen molar-refractivity contribution in [1.82, 2.24) is 10.2 Å². The number of benzene rings is 2. The summed E-state index contributed by atoms with van der Waals surface area (Å²) in [5, 5.41) is 3.32. The molecule has 1 N–H and O–H groups in total. The molecular formula is C25H34ClN3O4S. The van der Waals surface area contributed by atoms with Crippen molar-refractivity contribution in [2.75, 3.05) is 23.7 Å². The molecule has 2 aromatic rings. The highest BCUT2D eigenvalue weighted by Gasteiger charge is 2.30. The van der Waals surface area contributed by atoms with E-state index in [-0.39, 0.29) is 12.5 Å². The molecule has 0 unspecified atom stereocenters. The maximum absolute atomic E-state index is 13.5. The smallest absolute Gasteiger partial charge is 0.244 e. The zero-order chi connectivity index (χ0) is 25.3. The third-order valence-electron chi connectivity index (χ3n) is 5.61. The van der Waals surface area contributed by atoms with E-state index in [2.05, 4.69) is 5.32 Å². The molecule has 0 aromatic heterocycles. The fourth-order valence-corrected chi connectivity index (χ4v) is 4.49. The first-order valence-electron chi connectivity index (χ1n) is 11.5. The number of sulfonamides is 1. The van der Waals surface area contributed by atoms with E-state index in [1.807, 2.05) is 26.0 Å². The number of anilines is 1. The molecule has 0 aliphatic heterocycles. The summed E-state index contributed by atoms with van der Waals surface area (Å²) >= 11 is 6.32. The van der Waals surface area contributed by atoms with Gasteiger partial charge in [-0.25, -0.2) is 8.42 Å². The predicted molar refractivity (Wildman–Crippen MR) is 137 cm³/mol. The van der Waals surface area contributed by atoms with Gasteiger partial charge >= 0.3 is 0 Å². The lowest BCUT2D eigenvalue weighted by Gasteiger charge is -2.31. The number of carbonyl (C=O) groups is 2. The van der Waals surface area contributed by atoms with Gasteiger partial charge in [0.2, 0.25) is 21.8 Å². The second kappa shape index (κ2) is 12.8. The molecule has 0 radical (unpaired) electrons. The number of aryl methyl sites for hydroxylation is 1. The summed E-state index contributed by atoms with van der Waals surface area (Å²) in [6.45, 7) is 5.82. The quantitative estimate of drug-likeness (QED) is 0.440. The van der Waals surface area contributed by atoms with E-state index in [0.29, 0.717) is 22.8 Å². The molecule has 0 aliphatic rings. The SMILES string of the molecule is CCCCNC(=O)[C@H](C)N(Cc1ccccc1Cl)C(=O)CN(c1ccc(CC)cc1)S(C)(=O)=O. The fourth-order valence-electron chi connectivity index (χ4n) is 3.44. The van der Waals surface area contributed by atoms with Crippen LogP contribution in [0, 0.1) is 0 Å². The van der Waals surface area contributed by atoms with Gasteiger partial charge in [-0.1, -0.05) is 62.2 Å². The number of amides is 2. The van der Waals surface area contributed by atoms with Crippen molar-refractivity contribution in [3.05, 3.63) is 64.7 Å². The van der Waals surface area contributed by atoms with Crippen LogP contribution in [0.25, 0.3) is 0 Å². The predicted octanol–water partition coefficient (Wildman–Crippen LogP) is 4.00. The van der Waals surface area contributed by atoms with Crippen LogP contribution in [-0.2, 0) is 32.6 Å². The van der Waals surface area contributed by atoms with Gasteiger partial charge in [-0.2, -0.15) is 0 Å². The summed E-state index contributed by atoms with van der Waals surface area (Å²) in [6, 6.07) is 13.3. The van der Waals surface area contributed by atoms with Gasteiger partial charge in [0, 0.05) is 18.1 Å². The standard InChI is InChI=1S/C25H34ClN3O4S/c1-5-7-16-27-25(31)19(3)28(17-21-10-8-9-11-23(21)26)24(30)18-29(34(4,32)33)22-14-12-20(6-2)13-15-22/h8-15,19H,5-7,16-18H2,1-4H3,(H,27,31)/t19-/m0/s1. The Bertz CT molecular complexity index is 1070. The van der Waals surface area contributed by atoms with Crippen molar-refractivity contribution in [1.29, 1.82) is 0 Å². The molecule has 0 saturated heterocycles. The Balaban J connectivity index is 2.35. The average molecular weight is 508 g/mol. The first-order valence-corrected chi connectivity index (χ1v) is 13.7. The van der Waals surface area contributed by atoms with Crippen molar-refractivity contribution in [2.24, 2.45) is 0 Å². The van der Waals surface area contributed by atoms with Gasteiger partial charge in [0.15, 0.2) is 0 Å². The molecule has 0 bridgehead atoms. The fraction of sp³-hybridized carbons (Fsp3) is 0.440. The lowest BCUT2D eigenvalue weighted by molar-refractivity contribution is -0.139. The van der Waals surface area contributed by atoms with E-state index in [4.69, 9.17) is 11.6 Å². The van der Waals surface area contributed by atoms with Gasteiger partial charge in [0.05, 0.1) is 11.9 Å². The monoisotopic (exact) mass is 507 g/mol. The van der Waals surface area contributed by atoms with Crippen molar-refractivity contribution in [2.45, 2.75) is 52.6 Å². The molecule has 7 nitrogen and oxygen atoms in total. The third kappa shape index (κ3) is 7.74. The number of hydrogen-bond acceptors (Lipinski definition) is 4. The van der Waals surface area contributed by atoms with E-state index in [1.165, 1.54) is 4.90 Å². The van der Waals surface area contributed by atoms with Gasteiger partial charge in [0.25, 0.3) is 0 Å². The Kier molecular flexibility index (Phi) is 10.4. The molecule has 9 heteroatoms. The second-order valence-corrected chi connectivity index (χ2v) is 10.5.